The summed E-state index contributed by atoms with van der Waals surface area (Å²) in [4.78, 5) is 24.9. The molecule has 1 heterocycles. The van der Waals surface area contributed by atoms with Crippen LogP contribution in [0.4, 0.5) is 13.2 Å². The molecular weight excluding hydrogens is 411 g/mol. The van der Waals surface area contributed by atoms with E-state index in [0.717, 1.165) is 17.9 Å². The summed E-state index contributed by atoms with van der Waals surface area (Å²) in [7, 11) is 0. The third kappa shape index (κ3) is 3.86. The summed E-state index contributed by atoms with van der Waals surface area (Å²) in [5.41, 5.74) is -0.110. The number of carbonyl (C=O) groups is 2. The maximum atomic E-state index is 13.1. The van der Waals surface area contributed by atoms with E-state index in [0.29, 0.717) is 17.1 Å². The van der Waals surface area contributed by atoms with E-state index in [1.807, 2.05) is 0 Å². The van der Waals surface area contributed by atoms with Crippen LogP contribution in [0.25, 0.3) is 0 Å². The highest BCUT2D eigenvalue weighted by atomic mass is 32.2. The summed E-state index contributed by atoms with van der Waals surface area (Å²) in [6.45, 7) is 2.19. The van der Waals surface area contributed by atoms with Gasteiger partial charge in [0.2, 0.25) is 0 Å². The molecule has 1 fully saturated rings. The van der Waals surface area contributed by atoms with Crippen molar-refractivity contribution in [1.29, 1.82) is 0 Å². The van der Waals surface area contributed by atoms with Crippen molar-refractivity contribution in [3.8, 4) is 0 Å². The van der Waals surface area contributed by atoms with E-state index in [4.69, 9.17) is 12.2 Å². The van der Waals surface area contributed by atoms with Gasteiger partial charge in [0.1, 0.15) is 0 Å². The van der Waals surface area contributed by atoms with Gasteiger partial charge in [0.05, 0.1) is 27.7 Å². The minimum absolute atomic E-state index is 0.0419. The Hall–Kier alpha value is -2.13. The number of benzene rings is 1. The summed E-state index contributed by atoms with van der Waals surface area (Å²) < 4.78 is 39.0. The Morgan fingerprint density at radius 2 is 2.11 bits per heavy atom. The number of aliphatic carboxylic acids is 1. The number of thiocarbonyl (C=S) groups is 1. The lowest BCUT2D eigenvalue weighted by Gasteiger charge is -2.27. The van der Waals surface area contributed by atoms with Crippen molar-refractivity contribution >= 4 is 40.6 Å². The first-order valence-corrected chi connectivity index (χ1v) is 9.80. The minimum Gasteiger partial charge on any atom is -0.478 e. The zero-order valence-electron chi connectivity index (χ0n) is 14.7. The highest BCUT2D eigenvalue weighted by Crippen LogP contribution is 2.37. The van der Waals surface area contributed by atoms with Gasteiger partial charge < -0.3 is 10.4 Å². The molecule has 0 amide bonds. The van der Waals surface area contributed by atoms with Gasteiger partial charge in [-0.05, 0) is 30.5 Å². The standard InChI is InChI=1S/C19H16F3NO3S2/c1-9-13(17-23-5-6-28-17)15(24)12(16(27)14(9)18(25)26)8-10-3-2-4-11(7-10)19(20,21)22/h2-4,7,12,23H,5-6,8H2,1H3,(H,25,26). The molecule has 0 spiro atoms. The number of halogens is 3. The molecule has 0 radical (unpaired) electrons. The van der Waals surface area contributed by atoms with E-state index in [1.165, 1.54) is 30.8 Å². The lowest BCUT2D eigenvalue weighted by molar-refractivity contribution is -0.137. The molecule has 148 valence electrons. The SMILES string of the molecule is CC1=C(C(=O)O)C(=S)C(Cc2cccc(C(F)(F)F)c2)C(=O)C1=C1NCCS1. The Bertz CT molecular complexity index is 927. The smallest absolute Gasteiger partial charge is 0.416 e. The minimum atomic E-state index is -4.51. The zero-order valence-corrected chi connectivity index (χ0v) is 16.4. The van der Waals surface area contributed by atoms with Crippen LogP contribution in [0.15, 0.2) is 46.0 Å². The first-order chi connectivity index (χ1) is 13.1. The number of rotatable bonds is 3. The van der Waals surface area contributed by atoms with Crippen molar-refractivity contribution in [3.63, 3.8) is 0 Å². The fourth-order valence-corrected chi connectivity index (χ4v) is 4.78. The van der Waals surface area contributed by atoms with E-state index < -0.39 is 23.6 Å². The van der Waals surface area contributed by atoms with E-state index in [9.17, 15) is 27.9 Å². The topological polar surface area (TPSA) is 66.4 Å². The van der Waals surface area contributed by atoms with Crippen molar-refractivity contribution in [2.75, 3.05) is 12.3 Å². The van der Waals surface area contributed by atoms with Gasteiger partial charge in [-0.2, -0.15) is 13.2 Å². The molecular formula is C19H16F3NO3S2. The Morgan fingerprint density at radius 3 is 2.68 bits per heavy atom. The molecule has 1 atom stereocenters. The Labute approximate surface area is 168 Å². The fourth-order valence-electron chi connectivity index (χ4n) is 3.34. The molecule has 1 unspecified atom stereocenters. The molecule has 4 nitrogen and oxygen atoms in total. The van der Waals surface area contributed by atoms with Crippen LogP contribution in [0, 0.1) is 5.92 Å². The van der Waals surface area contributed by atoms with Gasteiger partial charge in [0.15, 0.2) is 5.78 Å². The van der Waals surface area contributed by atoms with Crippen LogP contribution < -0.4 is 5.32 Å². The highest BCUT2D eigenvalue weighted by Gasteiger charge is 2.40. The summed E-state index contributed by atoms with van der Waals surface area (Å²) >= 11 is 6.69. The van der Waals surface area contributed by atoms with E-state index >= 15 is 0 Å². The average Bonchev–Trinajstić information content (AvgIpc) is 3.12. The first-order valence-electron chi connectivity index (χ1n) is 8.41. The number of carbonyl (C=O) groups excluding carboxylic acids is 1. The lowest BCUT2D eigenvalue weighted by atomic mass is 9.77. The molecule has 1 aromatic rings. The third-order valence-corrected chi connectivity index (χ3v) is 6.18. The molecule has 3 rings (SSSR count). The molecule has 1 saturated heterocycles. The van der Waals surface area contributed by atoms with E-state index in [2.05, 4.69) is 5.32 Å². The van der Waals surface area contributed by atoms with Gasteiger partial charge in [-0.1, -0.05) is 30.4 Å². The summed E-state index contributed by atoms with van der Waals surface area (Å²) in [6.07, 6.45) is -4.60. The number of allylic oxidation sites excluding steroid dienone is 2. The molecule has 0 saturated carbocycles. The number of nitrogens with one attached hydrogen (secondary N) is 1. The van der Waals surface area contributed by atoms with Crippen LogP contribution in [0.1, 0.15) is 18.1 Å². The molecule has 2 aliphatic rings. The van der Waals surface area contributed by atoms with Crippen LogP contribution in [-0.4, -0.2) is 34.0 Å². The van der Waals surface area contributed by atoms with Gasteiger partial charge in [-0.15, -0.1) is 11.8 Å². The second-order valence-corrected chi connectivity index (χ2v) is 8.01. The number of hydrogen-bond donors (Lipinski definition) is 2. The number of ketones is 1. The van der Waals surface area contributed by atoms with Crippen molar-refractivity contribution in [1.82, 2.24) is 5.32 Å². The van der Waals surface area contributed by atoms with Crippen LogP contribution in [0.5, 0.6) is 0 Å². The number of thioether (sulfide) groups is 1. The van der Waals surface area contributed by atoms with E-state index in [1.54, 1.807) is 0 Å². The molecule has 2 N–H and O–H groups in total. The van der Waals surface area contributed by atoms with Crippen LogP contribution >= 0.6 is 24.0 Å². The molecule has 0 bridgehead atoms. The Balaban J connectivity index is 2.04. The maximum absolute atomic E-state index is 13.1. The molecule has 1 aliphatic carbocycles. The van der Waals surface area contributed by atoms with Gasteiger partial charge in [-0.25, -0.2) is 4.79 Å². The number of carboxylic acid groups (broad SMARTS) is 1. The van der Waals surface area contributed by atoms with Crippen molar-refractivity contribution < 1.29 is 27.9 Å². The molecule has 1 aromatic carbocycles. The monoisotopic (exact) mass is 427 g/mol. The Kier molecular flexibility index (Phi) is 5.67. The largest absolute Gasteiger partial charge is 0.478 e. The van der Waals surface area contributed by atoms with Crippen molar-refractivity contribution in [2.24, 2.45) is 5.92 Å². The van der Waals surface area contributed by atoms with E-state index in [-0.39, 0.29) is 33.8 Å². The predicted octanol–water partition coefficient (Wildman–Crippen LogP) is 3.77. The average molecular weight is 427 g/mol. The van der Waals surface area contributed by atoms with Gasteiger partial charge in [0, 0.05) is 17.2 Å². The first kappa shape index (κ1) is 20.6. The summed E-state index contributed by atoms with van der Waals surface area (Å²) in [6, 6.07) is 4.66. The van der Waals surface area contributed by atoms with Gasteiger partial charge in [0.25, 0.3) is 0 Å². The summed E-state index contributed by atoms with van der Waals surface area (Å²) in [5.74, 6) is -1.87. The fraction of sp³-hybridized carbons (Fsp3) is 0.316. The van der Waals surface area contributed by atoms with Crippen LogP contribution in [0.2, 0.25) is 0 Å². The van der Waals surface area contributed by atoms with Crippen LogP contribution in [0.3, 0.4) is 0 Å². The third-order valence-electron chi connectivity index (χ3n) is 4.64. The van der Waals surface area contributed by atoms with Crippen molar-refractivity contribution in [2.45, 2.75) is 19.5 Å². The molecule has 28 heavy (non-hydrogen) atoms. The summed E-state index contributed by atoms with van der Waals surface area (Å²) in [5, 5.41) is 13.3. The Morgan fingerprint density at radius 1 is 1.39 bits per heavy atom. The molecule has 0 aromatic heterocycles. The van der Waals surface area contributed by atoms with Gasteiger partial charge >= 0.3 is 12.1 Å². The number of Topliss-reactive ketones (excluding diaryl/α,β-unsaturated/α-hetero) is 1. The quantitative estimate of drug-likeness (QED) is 0.566. The molecule has 9 heteroatoms. The number of alkyl halides is 3. The predicted molar refractivity (Wildman–Crippen MR) is 104 cm³/mol. The second-order valence-electron chi connectivity index (χ2n) is 6.47. The maximum Gasteiger partial charge on any atom is 0.416 e. The lowest BCUT2D eigenvalue weighted by Crippen LogP contribution is -2.36. The number of carboxylic acids is 1. The molecule has 1 aliphatic heterocycles. The normalized spacial score (nSPS) is 23.2. The van der Waals surface area contributed by atoms with Gasteiger partial charge in [-0.3, -0.25) is 4.79 Å². The highest BCUT2D eigenvalue weighted by molar-refractivity contribution is 8.03. The second kappa shape index (κ2) is 7.71. The van der Waals surface area contributed by atoms with Crippen molar-refractivity contribution in [3.05, 3.63) is 57.1 Å². The van der Waals surface area contributed by atoms with Crippen LogP contribution in [-0.2, 0) is 22.2 Å². The zero-order chi connectivity index (χ0) is 20.6. The number of hydrogen-bond acceptors (Lipinski definition) is 5.